The summed E-state index contributed by atoms with van der Waals surface area (Å²) in [5.74, 6) is 0. The molecule has 0 aromatic rings. The highest BCUT2D eigenvalue weighted by Crippen LogP contribution is 2.14. The van der Waals surface area contributed by atoms with E-state index in [0.29, 0.717) is 0 Å². The quantitative estimate of drug-likeness (QED) is 0.586. The van der Waals surface area contributed by atoms with Crippen LogP contribution in [-0.2, 0) is 0 Å². The van der Waals surface area contributed by atoms with Gasteiger partial charge in [0.05, 0.1) is 0 Å². The van der Waals surface area contributed by atoms with Crippen LogP contribution >= 0.6 is 0 Å². The van der Waals surface area contributed by atoms with Gasteiger partial charge in [0.25, 0.3) is 0 Å². The summed E-state index contributed by atoms with van der Waals surface area (Å²) in [4.78, 5) is 2.53. The van der Waals surface area contributed by atoms with Crippen LogP contribution < -0.4 is 6.15 Å². The Balaban J connectivity index is 0.000000640. The van der Waals surface area contributed by atoms with Crippen LogP contribution in [0.1, 0.15) is 26.7 Å². The molecule has 1 rings (SSSR count). The Bertz CT molecular complexity index is 73.3. The van der Waals surface area contributed by atoms with Gasteiger partial charge in [0.1, 0.15) is 0 Å². The van der Waals surface area contributed by atoms with Gasteiger partial charge >= 0.3 is 0 Å². The molecule has 1 unspecified atom stereocenters. The molecule has 0 amide bonds. The number of nitrogens with zero attached hydrogens (tertiary/aromatic N) is 1. The van der Waals surface area contributed by atoms with E-state index in [-0.39, 0.29) is 6.15 Å². The second-order valence-electron chi connectivity index (χ2n) is 2.62. The van der Waals surface area contributed by atoms with Gasteiger partial charge in [-0.2, -0.15) is 0 Å². The molecule has 1 saturated heterocycles. The van der Waals surface area contributed by atoms with Crippen molar-refractivity contribution in [2.45, 2.75) is 32.7 Å². The molecule has 0 spiro atoms. The van der Waals surface area contributed by atoms with Crippen LogP contribution in [0.2, 0.25) is 0 Å². The van der Waals surface area contributed by atoms with Crippen LogP contribution in [0.15, 0.2) is 0 Å². The minimum Gasteiger partial charge on any atom is -0.344 e. The molecule has 3 N–H and O–H groups in total. The number of rotatable bonds is 1. The fourth-order valence-corrected chi connectivity index (χ4v) is 1.46. The van der Waals surface area contributed by atoms with Crippen molar-refractivity contribution in [3.63, 3.8) is 0 Å². The minimum absolute atomic E-state index is 0. The fraction of sp³-hybridized carbons (Fsp3) is 1.00. The van der Waals surface area contributed by atoms with Gasteiger partial charge in [-0.3, -0.25) is 0 Å². The van der Waals surface area contributed by atoms with Crippen molar-refractivity contribution in [3.8, 4) is 0 Å². The van der Waals surface area contributed by atoms with Crippen molar-refractivity contribution >= 4 is 0 Å². The van der Waals surface area contributed by atoms with Crippen molar-refractivity contribution in [1.29, 1.82) is 0 Å². The average Bonchev–Trinajstić information content (AvgIpc) is 2.14. The van der Waals surface area contributed by atoms with E-state index < -0.39 is 0 Å². The molecule has 0 saturated carbocycles. The van der Waals surface area contributed by atoms with E-state index in [1.807, 2.05) is 0 Å². The Morgan fingerprint density at radius 2 is 2.22 bits per heavy atom. The van der Waals surface area contributed by atoms with Crippen molar-refractivity contribution < 1.29 is 0 Å². The summed E-state index contributed by atoms with van der Waals surface area (Å²) in [5.41, 5.74) is 0. The number of hydrogen-bond donors (Lipinski definition) is 1. The fourth-order valence-electron chi connectivity index (χ4n) is 1.46. The Morgan fingerprint density at radius 3 is 2.44 bits per heavy atom. The zero-order valence-corrected chi connectivity index (χ0v) is 6.56. The maximum Gasteiger partial charge on any atom is 0.00672 e. The van der Waals surface area contributed by atoms with Gasteiger partial charge in [-0.05, 0) is 32.9 Å². The predicted octanol–water partition coefficient (Wildman–Crippen LogP) is 1.65. The zero-order valence-electron chi connectivity index (χ0n) is 6.56. The van der Waals surface area contributed by atoms with E-state index in [2.05, 4.69) is 18.7 Å². The van der Waals surface area contributed by atoms with Gasteiger partial charge in [-0.15, -0.1) is 0 Å². The summed E-state index contributed by atoms with van der Waals surface area (Å²) in [5, 5.41) is 0. The first-order valence-corrected chi connectivity index (χ1v) is 3.58. The summed E-state index contributed by atoms with van der Waals surface area (Å²) in [7, 11) is 0. The first kappa shape index (κ1) is 8.92. The lowest BCUT2D eigenvalue weighted by molar-refractivity contribution is 0.284. The maximum absolute atomic E-state index is 2.53. The largest absolute Gasteiger partial charge is 0.344 e. The van der Waals surface area contributed by atoms with E-state index in [9.17, 15) is 0 Å². The molecule has 1 aliphatic heterocycles. The standard InChI is InChI=1S/C7H15N.H3N/c1-3-8-6-4-5-7(8)2;/h7H,3-6H2,1-2H3;1H3. The number of hydrogen-bond acceptors (Lipinski definition) is 2. The lowest BCUT2D eigenvalue weighted by atomic mass is 10.2. The number of likely N-dealkylation sites (tertiary alicyclic amines) is 1. The first-order chi connectivity index (χ1) is 3.84. The molecule has 1 atom stereocenters. The van der Waals surface area contributed by atoms with E-state index in [0.717, 1.165) is 6.04 Å². The third-order valence-corrected chi connectivity index (χ3v) is 2.10. The van der Waals surface area contributed by atoms with Gasteiger partial charge in [-0.25, -0.2) is 0 Å². The molecule has 1 aliphatic rings. The molecule has 2 heteroatoms. The molecular formula is C7H18N2. The van der Waals surface area contributed by atoms with Gasteiger partial charge in [0.2, 0.25) is 0 Å². The molecule has 1 fully saturated rings. The molecule has 0 aliphatic carbocycles. The average molecular weight is 130 g/mol. The van der Waals surface area contributed by atoms with Gasteiger partial charge in [0, 0.05) is 6.04 Å². The molecule has 9 heavy (non-hydrogen) atoms. The molecular weight excluding hydrogens is 112 g/mol. The molecule has 2 nitrogen and oxygen atoms in total. The van der Waals surface area contributed by atoms with Gasteiger partial charge < -0.3 is 11.1 Å². The highest BCUT2D eigenvalue weighted by atomic mass is 15.2. The lowest BCUT2D eigenvalue weighted by Gasteiger charge is -2.17. The normalized spacial score (nSPS) is 28.0. The molecule has 0 aromatic carbocycles. The van der Waals surface area contributed by atoms with Crippen LogP contribution in [-0.4, -0.2) is 24.0 Å². The molecule has 0 bridgehead atoms. The SMILES string of the molecule is CCN1CCCC1C.N. The van der Waals surface area contributed by atoms with E-state index in [1.54, 1.807) is 0 Å². The Morgan fingerprint density at radius 1 is 1.56 bits per heavy atom. The zero-order chi connectivity index (χ0) is 5.98. The second-order valence-corrected chi connectivity index (χ2v) is 2.62. The topological polar surface area (TPSA) is 38.2 Å². The van der Waals surface area contributed by atoms with Crippen LogP contribution in [0.4, 0.5) is 0 Å². The second kappa shape index (κ2) is 3.85. The molecule has 56 valence electrons. The summed E-state index contributed by atoms with van der Waals surface area (Å²) in [6, 6.07) is 0.861. The highest BCUT2D eigenvalue weighted by molar-refractivity contribution is 4.72. The molecule has 0 radical (unpaired) electrons. The van der Waals surface area contributed by atoms with E-state index in [1.165, 1.54) is 25.9 Å². The lowest BCUT2D eigenvalue weighted by Crippen LogP contribution is -2.25. The van der Waals surface area contributed by atoms with Crippen LogP contribution in [0.25, 0.3) is 0 Å². The smallest absolute Gasteiger partial charge is 0.00672 e. The summed E-state index contributed by atoms with van der Waals surface area (Å²) < 4.78 is 0. The minimum atomic E-state index is 0. The van der Waals surface area contributed by atoms with Crippen molar-refractivity contribution in [2.24, 2.45) is 0 Å². The summed E-state index contributed by atoms with van der Waals surface area (Å²) >= 11 is 0. The van der Waals surface area contributed by atoms with Crippen LogP contribution in [0, 0.1) is 0 Å². The molecule has 0 aromatic heterocycles. The van der Waals surface area contributed by atoms with Crippen molar-refractivity contribution in [2.75, 3.05) is 13.1 Å². The van der Waals surface area contributed by atoms with Gasteiger partial charge in [-0.1, -0.05) is 6.92 Å². The van der Waals surface area contributed by atoms with Crippen LogP contribution in [0.5, 0.6) is 0 Å². The van der Waals surface area contributed by atoms with E-state index in [4.69, 9.17) is 0 Å². The van der Waals surface area contributed by atoms with Crippen molar-refractivity contribution in [1.82, 2.24) is 11.1 Å². The van der Waals surface area contributed by atoms with Crippen molar-refractivity contribution in [3.05, 3.63) is 0 Å². The third-order valence-electron chi connectivity index (χ3n) is 2.10. The van der Waals surface area contributed by atoms with Crippen LogP contribution in [0.3, 0.4) is 0 Å². The Kier molecular flexibility index (Phi) is 3.82. The summed E-state index contributed by atoms with van der Waals surface area (Å²) in [6.45, 7) is 7.12. The monoisotopic (exact) mass is 130 g/mol. The Hall–Kier alpha value is -0.0800. The maximum atomic E-state index is 2.53. The third kappa shape index (κ3) is 1.95. The van der Waals surface area contributed by atoms with E-state index >= 15 is 0 Å². The Labute approximate surface area is 57.8 Å². The highest BCUT2D eigenvalue weighted by Gasteiger charge is 2.16. The molecule has 1 heterocycles. The first-order valence-electron chi connectivity index (χ1n) is 3.58. The predicted molar refractivity (Wildman–Crippen MR) is 41.0 cm³/mol. The summed E-state index contributed by atoms with van der Waals surface area (Å²) in [6.07, 6.45) is 2.82. The van der Waals surface area contributed by atoms with Gasteiger partial charge in [0.15, 0.2) is 0 Å².